The molecule has 0 saturated heterocycles. The van der Waals surface area contributed by atoms with E-state index in [1.807, 2.05) is 26.8 Å². The lowest BCUT2D eigenvalue weighted by Gasteiger charge is -2.13. The molecule has 0 fully saturated rings. The average molecular weight is 435 g/mol. The molecule has 0 unspecified atom stereocenters. The molecule has 1 N–H and O–H groups in total. The molecule has 9 heteroatoms. The number of anilines is 1. The topological polar surface area (TPSA) is 115 Å². The first kappa shape index (κ1) is 22.7. The number of hydrogen-bond acceptors (Lipinski definition) is 7. The molecule has 3 rings (SSSR count). The Morgan fingerprint density at radius 2 is 1.94 bits per heavy atom. The highest BCUT2D eigenvalue weighted by molar-refractivity contribution is 5.90. The van der Waals surface area contributed by atoms with E-state index in [1.165, 1.54) is 11.8 Å². The van der Waals surface area contributed by atoms with Gasteiger partial charge < -0.3 is 14.8 Å². The number of benzene rings is 1. The molecule has 0 aliphatic carbocycles. The zero-order valence-electron chi connectivity index (χ0n) is 18.6. The summed E-state index contributed by atoms with van der Waals surface area (Å²) < 4.78 is 12.5. The second-order valence-corrected chi connectivity index (χ2v) is 8.10. The molecular weight excluding hydrogens is 408 g/mol. The Kier molecular flexibility index (Phi) is 7.05. The number of ether oxygens (including phenoxy) is 2. The third kappa shape index (κ3) is 5.60. The standard InChI is InChI=1S/C23H26N6O3/c1-23(2,3)19-14-20(29(28-19)22-25-10-6-11-26-22)27-21(30)7-5-12-32-17-9-8-16(15-24)13-18(17)31-4/h6,8-11,13-14H,5,7,12H2,1-4H3,(H,27,30). The quantitative estimate of drug-likeness (QED) is 0.538. The van der Waals surface area contributed by atoms with Crippen molar-refractivity contribution in [3.8, 4) is 23.5 Å². The van der Waals surface area contributed by atoms with Gasteiger partial charge in [-0.3, -0.25) is 4.79 Å². The Morgan fingerprint density at radius 1 is 1.19 bits per heavy atom. The van der Waals surface area contributed by atoms with Crippen molar-refractivity contribution >= 4 is 11.7 Å². The summed E-state index contributed by atoms with van der Waals surface area (Å²) in [6, 6.07) is 10.6. The van der Waals surface area contributed by atoms with E-state index in [1.54, 1.807) is 36.7 Å². The number of rotatable bonds is 8. The minimum atomic E-state index is -0.201. The highest BCUT2D eigenvalue weighted by atomic mass is 16.5. The van der Waals surface area contributed by atoms with Crippen molar-refractivity contribution in [1.29, 1.82) is 5.26 Å². The summed E-state index contributed by atoms with van der Waals surface area (Å²) in [5.74, 6) is 1.74. The number of carbonyl (C=O) groups is 1. The second kappa shape index (κ2) is 9.92. The first-order valence-electron chi connectivity index (χ1n) is 10.2. The van der Waals surface area contributed by atoms with Crippen molar-refractivity contribution in [2.45, 2.75) is 39.0 Å². The molecule has 1 amide bonds. The first-order chi connectivity index (χ1) is 15.3. The largest absolute Gasteiger partial charge is 0.493 e. The maximum Gasteiger partial charge on any atom is 0.252 e. The molecule has 0 radical (unpaired) electrons. The molecule has 0 aliphatic rings. The molecule has 0 atom stereocenters. The van der Waals surface area contributed by atoms with Gasteiger partial charge in [0, 0.05) is 36.4 Å². The number of amides is 1. The monoisotopic (exact) mass is 434 g/mol. The fourth-order valence-electron chi connectivity index (χ4n) is 2.87. The van der Waals surface area contributed by atoms with Gasteiger partial charge in [-0.25, -0.2) is 9.97 Å². The van der Waals surface area contributed by atoms with Crippen molar-refractivity contribution in [1.82, 2.24) is 19.7 Å². The number of nitriles is 1. The van der Waals surface area contributed by atoms with Gasteiger partial charge in [0.05, 0.1) is 31.0 Å². The fraction of sp³-hybridized carbons (Fsp3) is 0.348. The SMILES string of the molecule is COc1cc(C#N)ccc1OCCCC(=O)Nc1cc(C(C)(C)C)nn1-c1ncccn1. The molecule has 2 aromatic heterocycles. The van der Waals surface area contributed by atoms with Crippen LogP contribution in [0.2, 0.25) is 0 Å². The molecule has 0 aliphatic heterocycles. The van der Waals surface area contributed by atoms with Gasteiger partial charge >= 0.3 is 0 Å². The summed E-state index contributed by atoms with van der Waals surface area (Å²) >= 11 is 0. The summed E-state index contributed by atoms with van der Waals surface area (Å²) in [4.78, 5) is 21.0. The Balaban J connectivity index is 1.62. The smallest absolute Gasteiger partial charge is 0.252 e. The summed E-state index contributed by atoms with van der Waals surface area (Å²) in [5, 5.41) is 16.5. The fourth-order valence-corrected chi connectivity index (χ4v) is 2.87. The number of hydrogen-bond donors (Lipinski definition) is 1. The van der Waals surface area contributed by atoms with Crippen LogP contribution < -0.4 is 14.8 Å². The minimum Gasteiger partial charge on any atom is -0.493 e. The number of aromatic nitrogens is 4. The van der Waals surface area contributed by atoms with E-state index >= 15 is 0 Å². The Labute approximate surface area is 187 Å². The lowest BCUT2D eigenvalue weighted by Crippen LogP contribution is -2.16. The molecule has 1 aromatic carbocycles. The number of carbonyl (C=O) groups excluding carboxylic acids is 1. The number of nitrogens with one attached hydrogen (secondary N) is 1. The van der Waals surface area contributed by atoms with Crippen LogP contribution in [-0.2, 0) is 10.2 Å². The maximum atomic E-state index is 12.6. The predicted octanol–water partition coefficient (Wildman–Crippen LogP) is 3.64. The van der Waals surface area contributed by atoms with Crippen LogP contribution in [-0.4, -0.2) is 39.4 Å². The molecule has 2 heterocycles. The van der Waals surface area contributed by atoms with Crippen molar-refractivity contribution < 1.29 is 14.3 Å². The molecule has 3 aromatic rings. The summed E-state index contributed by atoms with van der Waals surface area (Å²) in [6.07, 6.45) is 4.00. The van der Waals surface area contributed by atoms with Crippen molar-refractivity contribution in [3.63, 3.8) is 0 Å². The zero-order chi connectivity index (χ0) is 23.1. The average Bonchev–Trinajstić information content (AvgIpc) is 3.21. The van der Waals surface area contributed by atoms with Gasteiger partial charge in [0.15, 0.2) is 11.5 Å². The summed E-state index contributed by atoms with van der Waals surface area (Å²) in [5.41, 5.74) is 1.10. The lowest BCUT2D eigenvalue weighted by atomic mass is 9.92. The lowest BCUT2D eigenvalue weighted by molar-refractivity contribution is -0.116. The highest BCUT2D eigenvalue weighted by Crippen LogP contribution is 2.28. The van der Waals surface area contributed by atoms with Crippen LogP contribution in [0.4, 0.5) is 5.82 Å². The van der Waals surface area contributed by atoms with Gasteiger partial charge in [0.1, 0.15) is 5.82 Å². The predicted molar refractivity (Wildman–Crippen MR) is 119 cm³/mol. The Morgan fingerprint density at radius 3 is 2.59 bits per heavy atom. The molecule has 0 bridgehead atoms. The van der Waals surface area contributed by atoms with Crippen LogP contribution in [0.25, 0.3) is 5.95 Å². The third-order valence-corrected chi connectivity index (χ3v) is 4.59. The number of nitrogens with zero attached hydrogens (tertiary/aromatic N) is 5. The molecule has 166 valence electrons. The number of methoxy groups -OCH3 is 1. The highest BCUT2D eigenvalue weighted by Gasteiger charge is 2.22. The van der Waals surface area contributed by atoms with Crippen LogP contribution >= 0.6 is 0 Å². The normalized spacial score (nSPS) is 11.0. The first-order valence-corrected chi connectivity index (χ1v) is 10.2. The van der Waals surface area contributed by atoms with Gasteiger partial charge in [0.25, 0.3) is 5.95 Å². The summed E-state index contributed by atoms with van der Waals surface area (Å²) in [6.45, 7) is 6.47. The van der Waals surface area contributed by atoms with Crippen molar-refractivity contribution in [2.24, 2.45) is 0 Å². The third-order valence-electron chi connectivity index (χ3n) is 4.59. The van der Waals surface area contributed by atoms with E-state index in [-0.39, 0.29) is 17.7 Å². The van der Waals surface area contributed by atoms with Gasteiger partial charge in [0.2, 0.25) is 5.91 Å². The van der Waals surface area contributed by atoms with E-state index < -0.39 is 0 Å². The zero-order valence-corrected chi connectivity index (χ0v) is 18.6. The van der Waals surface area contributed by atoms with Gasteiger partial charge in [-0.05, 0) is 24.6 Å². The Hall–Kier alpha value is -3.93. The van der Waals surface area contributed by atoms with E-state index in [0.717, 1.165) is 5.69 Å². The van der Waals surface area contributed by atoms with E-state index in [4.69, 9.17) is 14.7 Å². The maximum absolute atomic E-state index is 12.6. The van der Waals surface area contributed by atoms with Gasteiger partial charge in [-0.1, -0.05) is 20.8 Å². The van der Waals surface area contributed by atoms with E-state index in [2.05, 4.69) is 26.5 Å². The van der Waals surface area contributed by atoms with Crippen LogP contribution in [0.5, 0.6) is 11.5 Å². The van der Waals surface area contributed by atoms with Crippen LogP contribution in [0.1, 0.15) is 44.9 Å². The molecule has 32 heavy (non-hydrogen) atoms. The van der Waals surface area contributed by atoms with Crippen molar-refractivity contribution in [3.05, 3.63) is 54.0 Å². The molecular formula is C23H26N6O3. The van der Waals surface area contributed by atoms with Crippen LogP contribution in [0.15, 0.2) is 42.7 Å². The van der Waals surface area contributed by atoms with Crippen LogP contribution in [0.3, 0.4) is 0 Å². The molecule has 9 nitrogen and oxygen atoms in total. The molecule has 0 spiro atoms. The van der Waals surface area contributed by atoms with E-state index in [0.29, 0.717) is 41.9 Å². The van der Waals surface area contributed by atoms with E-state index in [9.17, 15) is 4.79 Å². The minimum absolute atomic E-state index is 0.169. The van der Waals surface area contributed by atoms with Crippen molar-refractivity contribution in [2.75, 3.05) is 19.0 Å². The molecule has 0 saturated carbocycles. The summed E-state index contributed by atoms with van der Waals surface area (Å²) in [7, 11) is 1.52. The van der Waals surface area contributed by atoms with Crippen LogP contribution in [0, 0.1) is 11.3 Å². The Bertz CT molecular complexity index is 1110. The second-order valence-electron chi connectivity index (χ2n) is 8.10. The van der Waals surface area contributed by atoms with Gasteiger partial charge in [-0.15, -0.1) is 0 Å². The van der Waals surface area contributed by atoms with Gasteiger partial charge in [-0.2, -0.15) is 15.0 Å².